The molecule has 0 heterocycles. The summed E-state index contributed by atoms with van der Waals surface area (Å²) in [7, 11) is 0. The van der Waals surface area contributed by atoms with Crippen LogP contribution in [0.25, 0.3) is 119 Å². The molecule has 0 nitrogen and oxygen atoms in total. The Labute approximate surface area is 440 Å². The Bertz CT molecular complexity index is 4030. The highest BCUT2D eigenvalue weighted by atomic mass is 14.3. The van der Waals surface area contributed by atoms with Crippen molar-refractivity contribution in [2.24, 2.45) is 0 Å². The second kappa shape index (κ2) is 15.5. The summed E-state index contributed by atoms with van der Waals surface area (Å²) in [4.78, 5) is 0. The van der Waals surface area contributed by atoms with Crippen molar-refractivity contribution in [3.05, 3.63) is 167 Å². The van der Waals surface area contributed by atoms with Crippen molar-refractivity contribution >= 4 is 97.0 Å². The summed E-state index contributed by atoms with van der Waals surface area (Å²) < 4.78 is 0. The van der Waals surface area contributed by atoms with Crippen LogP contribution >= 0.6 is 0 Å². The molecule has 0 aliphatic heterocycles. The van der Waals surface area contributed by atoms with Crippen LogP contribution in [-0.2, 0) is 32.5 Å². The molecule has 0 amide bonds. The molecule has 0 saturated heterocycles. The summed E-state index contributed by atoms with van der Waals surface area (Å²) in [5.41, 5.74) is 13.3. The van der Waals surface area contributed by atoms with Gasteiger partial charge in [-0.05, 0) is 246 Å². The van der Waals surface area contributed by atoms with Gasteiger partial charge in [0.2, 0.25) is 0 Å². The van der Waals surface area contributed by atoms with Crippen molar-refractivity contribution in [3.8, 4) is 22.3 Å². The normalized spacial score (nSPS) is 13.8. The maximum atomic E-state index is 2.53. The summed E-state index contributed by atoms with van der Waals surface area (Å²) in [5, 5.41) is 24.2. The smallest absolute Gasteiger partial charge is 0.00199 e. The Hall–Kier alpha value is -6.50. The van der Waals surface area contributed by atoms with Crippen molar-refractivity contribution in [2.75, 3.05) is 0 Å². The Balaban J connectivity index is 1.12. The van der Waals surface area contributed by atoms with Gasteiger partial charge in [-0.3, -0.25) is 0 Å². The highest BCUT2D eigenvalue weighted by Gasteiger charge is 2.28. The first-order chi connectivity index (χ1) is 34.4. The molecule has 74 heavy (non-hydrogen) atoms. The van der Waals surface area contributed by atoms with Crippen molar-refractivity contribution in [2.45, 2.75) is 157 Å². The van der Waals surface area contributed by atoms with Gasteiger partial charge in [0.25, 0.3) is 0 Å². The summed E-state index contributed by atoms with van der Waals surface area (Å²) in [6.07, 6.45) is 0. The molecule has 0 spiro atoms. The van der Waals surface area contributed by atoms with Gasteiger partial charge in [0, 0.05) is 0 Å². The first kappa shape index (κ1) is 48.4. The van der Waals surface area contributed by atoms with Crippen molar-refractivity contribution in [3.63, 3.8) is 0 Å². The molecule has 372 valence electrons. The van der Waals surface area contributed by atoms with Crippen LogP contribution in [-0.4, -0.2) is 0 Å². The minimum atomic E-state index is -0.0444. The monoisotopic (exact) mass is 965 g/mol. The highest BCUT2D eigenvalue weighted by molar-refractivity contribution is 6.36. The van der Waals surface area contributed by atoms with E-state index in [1.54, 1.807) is 0 Å². The van der Waals surface area contributed by atoms with Gasteiger partial charge in [-0.25, -0.2) is 0 Å². The van der Waals surface area contributed by atoms with E-state index in [-0.39, 0.29) is 32.5 Å². The molecule has 12 rings (SSSR count). The molecule has 0 fully saturated rings. The number of hydrogen-bond donors (Lipinski definition) is 0. The van der Waals surface area contributed by atoms with Crippen LogP contribution in [0.2, 0.25) is 0 Å². The first-order valence-electron chi connectivity index (χ1n) is 27.5. The fraction of sp³-hybridized carbons (Fsp3) is 0.324. The zero-order valence-electron chi connectivity index (χ0n) is 47.7. The van der Waals surface area contributed by atoms with E-state index in [1.807, 2.05) is 0 Å². The second-order valence-corrected chi connectivity index (χ2v) is 28.8. The fourth-order valence-corrected chi connectivity index (χ4v) is 12.4. The van der Waals surface area contributed by atoms with Gasteiger partial charge >= 0.3 is 0 Å². The van der Waals surface area contributed by atoms with E-state index >= 15 is 0 Å². The largest absolute Gasteiger partial charge is 0.0561 e. The summed E-state index contributed by atoms with van der Waals surface area (Å²) >= 11 is 0. The lowest BCUT2D eigenvalue weighted by molar-refractivity contribution is 0.589. The number of benzene rings is 12. The zero-order chi connectivity index (χ0) is 52.7. The van der Waals surface area contributed by atoms with Gasteiger partial charge in [-0.15, -0.1) is 0 Å². The van der Waals surface area contributed by atoms with Crippen molar-refractivity contribution in [1.82, 2.24) is 0 Å². The average Bonchev–Trinajstić information content (AvgIpc) is 3.31. The fourth-order valence-electron chi connectivity index (χ4n) is 12.4. The summed E-state index contributed by atoms with van der Waals surface area (Å²) in [5.74, 6) is 0. The maximum Gasteiger partial charge on any atom is -0.00199 e. The van der Waals surface area contributed by atoms with E-state index in [4.69, 9.17) is 0 Å². The molecule has 0 saturated carbocycles. The molecule has 0 aliphatic rings. The SMILES string of the molecule is CC(C)(C)c1cc2cc(C(C)(C)C)cc3c4cc(C(C)(C)C)cc5c(-c6ccc7ccc(-c8ccc9c%10cc(C(C)(C)C)cc%11cc(C(C)(C)C)cc(c%12cc(C(C)(C)C)cc8c9%12)c%11%10)cc7c6)ccc(c(c1)c23)c54. The van der Waals surface area contributed by atoms with Crippen LogP contribution < -0.4 is 0 Å². The highest BCUT2D eigenvalue weighted by Crippen LogP contribution is 2.50. The molecular weight excluding hydrogens is 889 g/mol. The second-order valence-electron chi connectivity index (χ2n) is 28.8. The van der Waals surface area contributed by atoms with E-state index in [0.29, 0.717) is 0 Å². The van der Waals surface area contributed by atoms with Gasteiger partial charge in [-0.2, -0.15) is 0 Å². The Morgan fingerprint density at radius 2 is 0.446 bits per heavy atom. The molecule has 0 radical (unpaired) electrons. The van der Waals surface area contributed by atoms with E-state index in [1.165, 1.54) is 153 Å². The van der Waals surface area contributed by atoms with Gasteiger partial charge in [0.15, 0.2) is 0 Å². The van der Waals surface area contributed by atoms with Crippen molar-refractivity contribution in [1.29, 1.82) is 0 Å². The third-order valence-corrected chi connectivity index (χ3v) is 17.1. The maximum absolute atomic E-state index is 2.53. The van der Waals surface area contributed by atoms with E-state index < -0.39 is 0 Å². The van der Waals surface area contributed by atoms with Gasteiger partial charge in [0.05, 0.1) is 0 Å². The molecular formula is C74H76. The van der Waals surface area contributed by atoms with Crippen LogP contribution in [0.3, 0.4) is 0 Å². The summed E-state index contributed by atoms with van der Waals surface area (Å²) in [6, 6.07) is 54.2. The Morgan fingerprint density at radius 3 is 0.743 bits per heavy atom. The van der Waals surface area contributed by atoms with Crippen LogP contribution in [0.1, 0.15) is 158 Å². The lowest BCUT2D eigenvalue weighted by atomic mass is 9.77. The van der Waals surface area contributed by atoms with E-state index in [2.05, 4.69) is 258 Å². The quantitative estimate of drug-likeness (QED) is 0.120. The standard InChI is InChI=1S/C74H76/c1-69(2,3)47-29-45-31-49(71(7,8)9)35-61-63-39-51(73(13,14)15)37-57-53(23-25-55(67(57)63)59(33-47)65(45)61)42-21-19-41-20-22-43(28-44(41)27-42)54-24-26-56-60-34-48(70(4,5)6)30-46-32-50(72(10,11)12)36-62(66(46)60)64-40-52(74(16,17)18)38-58(54)68(56)64/h19-40H,1-18H3. The molecule has 0 unspecified atom stereocenters. The van der Waals surface area contributed by atoms with Crippen molar-refractivity contribution < 1.29 is 0 Å². The molecule has 12 aromatic carbocycles. The predicted octanol–water partition coefficient (Wildman–Crippen LogP) is 22.1. The predicted molar refractivity (Wildman–Crippen MR) is 329 cm³/mol. The van der Waals surface area contributed by atoms with Crippen LogP contribution in [0.4, 0.5) is 0 Å². The Kier molecular flexibility index (Phi) is 10.2. The third kappa shape index (κ3) is 7.59. The number of hydrogen-bond acceptors (Lipinski definition) is 0. The number of rotatable bonds is 2. The third-order valence-electron chi connectivity index (χ3n) is 17.1. The molecule has 0 aromatic heterocycles. The van der Waals surface area contributed by atoms with Gasteiger partial charge in [0.1, 0.15) is 0 Å². The van der Waals surface area contributed by atoms with Crippen LogP contribution in [0, 0.1) is 0 Å². The zero-order valence-corrected chi connectivity index (χ0v) is 47.7. The summed E-state index contributed by atoms with van der Waals surface area (Å²) in [6.45, 7) is 42.5. The van der Waals surface area contributed by atoms with E-state index in [9.17, 15) is 0 Å². The van der Waals surface area contributed by atoms with Crippen LogP contribution in [0.15, 0.2) is 133 Å². The topological polar surface area (TPSA) is 0 Å². The van der Waals surface area contributed by atoms with E-state index in [0.717, 1.165) is 0 Å². The lowest BCUT2D eigenvalue weighted by Crippen LogP contribution is -2.13. The molecule has 0 bridgehead atoms. The van der Waals surface area contributed by atoms with Gasteiger partial charge in [-0.1, -0.05) is 197 Å². The van der Waals surface area contributed by atoms with Gasteiger partial charge < -0.3 is 0 Å². The molecule has 0 atom stereocenters. The van der Waals surface area contributed by atoms with Crippen LogP contribution in [0.5, 0.6) is 0 Å². The lowest BCUT2D eigenvalue weighted by Gasteiger charge is -2.27. The Morgan fingerprint density at radius 1 is 0.189 bits per heavy atom. The number of fused-ring (bicyclic) bond motifs is 5. The minimum Gasteiger partial charge on any atom is -0.0561 e. The molecule has 0 heteroatoms. The average molecular weight is 965 g/mol. The first-order valence-corrected chi connectivity index (χ1v) is 27.5. The molecule has 0 N–H and O–H groups in total. The molecule has 12 aromatic rings. The minimum absolute atomic E-state index is 0.00274. The molecule has 0 aliphatic carbocycles.